The number of guanidine groups is 1. The van der Waals surface area contributed by atoms with Crippen LogP contribution >= 0.6 is 0 Å². The van der Waals surface area contributed by atoms with Gasteiger partial charge in [-0.3, -0.25) is 4.79 Å². The molecule has 6 nitrogen and oxygen atoms in total. The topological polar surface area (TPSA) is 107 Å². The molecule has 0 saturated carbocycles. The van der Waals surface area contributed by atoms with E-state index >= 15 is 0 Å². The van der Waals surface area contributed by atoms with Crippen LogP contribution in [-0.4, -0.2) is 21.8 Å². The molecule has 0 fully saturated rings. The van der Waals surface area contributed by atoms with Crippen LogP contribution in [0.15, 0.2) is 53.7 Å². The highest BCUT2D eigenvalue weighted by Gasteiger charge is 2.34. The molecule has 2 aromatic carbocycles. The first-order chi connectivity index (χ1) is 12.3. The predicted molar refractivity (Wildman–Crippen MR) is 90.1 cm³/mol. The maximum absolute atomic E-state index is 12.9. The molecular formula is C17H12F3N5O. The number of carbonyl (C=O) groups is 1. The average Bonchev–Trinajstić information content (AvgIpc) is 2.59. The van der Waals surface area contributed by atoms with E-state index in [9.17, 15) is 18.0 Å². The smallest absolute Gasteiger partial charge is 0.370 e. The Hall–Kier alpha value is -3.49. The van der Waals surface area contributed by atoms with Crippen LogP contribution in [-0.2, 0) is 6.18 Å². The van der Waals surface area contributed by atoms with Gasteiger partial charge in [0.2, 0.25) is 5.82 Å². The maximum Gasteiger partial charge on any atom is 0.451 e. The number of fused-ring (bicyclic) bond motifs is 1. The fraction of sp³-hybridized carbons (Fsp3) is 0.0588. The van der Waals surface area contributed by atoms with Gasteiger partial charge >= 0.3 is 6.18 Å². The summed E-state index contributed by atoms with van der Waals surface area (Å²) >= 11 is 0. The number of rotatable bonds is 2. The quantitative estimate of drug-likeness (QED) is 0.540. The summed E-state index contributed by atoms with van der Waals surface area (Å²) in [6, 6.07) is 11.1. The van der Waals surface area contributed by atoms with Crippen molar-refractivity contribution in [3.05, 3.63) is 60.0 Å². The zero-order chi connectivity index (χ0) is 18.9. The highest BCUT2D eigenvalue weighted by Crippen LogP contribution is 2.31. The van der Waals surface area contributed by atoms with E-state index in [0.29, 0.717) is 10.9 Å². The van der Waals surface area contributed by atoms with Crippen molar-refractivity contribution in [1.82, 2.24) is 9.97 Å². The van der Waals surface area contributed by atoms with Crippen LogP contribution in [0.25, 0.3) is 22.0 Å². The molecule has 0 unspecified atom stereocenters. The van der Waals surface area contributed by atoms with Crippen LogP contribution in [0, 0.1) is 0 Å². The van der Waals surface area contributed by atoms with Crippen molar-refractivity contribution in [2.75, 3.05) is 0 Å². The highest BCUT2D eigenvalue weighted by atomic mass is 19.4. The molecule has 0 bridgehead atoms. The molecule has 1 heterocycles. The first kappa shape index (κ1) is 17.3. The molecule has 0 atom stereocenters. The number of amides is 1. The maximum atomic E-state index is 12.9. The lowest BCUT2D eigenvalue weighted by atomic mass is 9.99. The lowest BCUT2D eigenvalue weighted by molar-refractivity contribution is -0.144. The molecule has 0 aliphatic heterocycles. The van der Waals surface area contributed by atoms with Gasteiger partial charge in [0.25, 0.3) is 5.91 Å². The average molecular weight is 359 g/mol. The van der Waals surface area contributed by atoms with E-state index < -0.39 is 17.9 Å². The second kappa shape index (κ2) is 6.43. The first-order valence-electron chi connectivity index (χ1n) is 7.33. The zero-order valence-electron chi connectivity index (χ0n) is 13.2. The SMILES string of the molecule is NC(N)=NC(=O)c1ccc2cccc(-c3ccnc(C(F)(F)F)n3)c2c1. The van der Waals surface area contributed by atoms with Gasteiger partial charge in [-0.1, -0.05) is 24.3 Å². The molecule has 0 aliphatic carbocycles. The summed E-state index contributed by atoms with van der Waals surface area (Å²) in [4.78, 5) is 22.3. The number of nitrogens with zero attached hydrogens (tertiary/aromatic N) is 3. The fourth-order valence-corrected chi connectivity index (χ4v) is 2.46. The molecule has 0 saturated heterocycles. The van der Waals surface area contributed by atoms with Crippen molar-refractivity contribution in [2.45, 2.75) is 6.18 Å². The van der Waals surface area contributed by atoms with Gasteiger partial charge in [-0.2, -0.15) is 18.2 Å². The van der Waals surface area contributed by atoms with Gasteiger partial charge in [0, 0.05) is 17.3 Å². The van der Waals surface area contributed by atoms with Crippen LogP contribution in [0.3, 0.4) is 0 Å². The van der Waals surface area contributed by atoms with Gasteiger partial charge in [-0.15, -0.1) is 0 Å². The Bertz CT molecular complexity index is 1030. The molecular weight excluding hydrogens is 347 g/mol. The van der Waals surface area contributed by atoms with E-state index in [1.807, 2.05) is 0 Å². The Kier molecular flexibility index (Phi) is 4.29. The Morgan fingerprint density at radius 1 is 1.08 bits per heavy atom. The number of hydrogen-bond donors (Lipinski definition) is 2. The van der Waals surface area contributed by atoms with E-state index in [1.165, 1.54) is 18.2 Å². The molecule has 3 aromatic rings. The monoisotopic (exact) mass is 359 g/mol. The zero-order valence-corrected chi connectivity index (χ0v) is 13.2. The predicted octanol–water partition coefficient (Wildman–Crippen LogP) is 2.73. The van der Waals surface area contributed by atoms with Gasteiger partial charge in [-0.05, 0) is 29.0 Å². The molecule has 0 radical (unpaired) electrons. The molecule has 1 amide bonds. The summed E-state index contributed by atoms with van der Waals surface area (Å²) < 4.78 is 38.6. The minimum atomic E-state index is -4.66. The highest BCUT2D eigenvalue weighted by molar-refractivity contribution is 6.06. The number of aromatic nitrogens is 2. The van der Waals surface area contributed by atoms with Gasteiger partial charge in [-0.25, -0.2) is 9.97 Å². The van der Waals surface area contributed by atoms with Crippen molar-refractivity contribution in [2.24, 2.45) is 16.5 Å². The standard InChI is InChI=1S/C17H12F3N5O/c18-17(19,20)15-23-7-6-13(24-15)11-3-1-2-9-4-5-10(8-12(9)11)14(26)25-16(21)22/h1-8H,(H4,21,22,25,26). The Morgan fingerprint density at radius 3 is 2.54 bits per heavy atom. The second-order valence-electron chi connectivity index (χ2n) is 5.35. The number of hydrogen-bond acceptors (Lipinski definition) is 3. The van der Waals surface area contributed by atoms with Gasteiger partial charge < -0.3 is 11.5 Å². The van der Waals surface area contributed by atoms with Crippen molar-refractivity contribution < 1.29 is 18.0 Å². The largest absolute Gasteiger partial charge is 0.451 e. The summed E-state index contributed by atoms with van der Waals surface area (Å²) in [5, 5.41) is 1.26. The summed E-state index contributed by atoms with van der Waals surface area (Å²) in [6.45, 7) is 0. The number of alkyl halides is 3. The first-order valence-corrected chi connectivity index (χ1v) is 7.33. The minimum absolute atomic E-state index is 0.0874. The third-order valence-corrected chi connectivity index (χ3v) is 3.54. The molecule has 0 aliphatic rings. The number of aliphatic imine (C=N–C) groups is 1. The summed E-state index contributed by atoms with van der Waals surface area (Å²) in [7, 11) is 0. The van der Waals surface area contributed by atoms with Crippen LogP contribution in [0.5, 0.6) is 0 Å². The Labute approximate surface area is 145 Å². The number of nitrogens with two attached hydrogens (primary N) is 2. The lowest BCUT2D eigenvalue weighted by Crippen LogP contribution is -2.24. The molecule has 4 N–H and O–H groups in total. The molecule has 1 aromatic heterocycles. The van der Waals surface area contributed by atoms with Gasteiger partial charge in [0.05, 0.1) is 5.69 Å². The molecule has 0 spiro atoms. The number of carbonyl (C=O) groups excluding carboxylic acids is 1. The third-order valence-electron chi connectivity index (χ3n) is 3.54. The summed E-state index contributed by atoms with van der Waals surface area (Å²) in [6.07, 6.45) is -3.62. The Balaban J connectivity index is 2.18. The van der Waals surface area contributed by atoms with E-state index in [0.717, 1.165) is 11.6 Å². The summed E-state index contributed by atoms with van der Waals surface area (Å²) in [5.41, 5.74) is 11.1. The van der Waals surface area contributed by atoms with Gasteiger partial charge in [0.1, 0.15) is 0 Å². The second-order valence-corrected chi connectivity index (χ2v) is 5.35. The van der Waals surface area contributed by atoms with Crippen LogP contribution in [0.1, 0.15) is 16.2 Å². The third kappa shape index (κ3) is 3.46. The van der Waals surface area contributed by atoms with Crippen LogP contribution in [0.2, 0.25) is 0 Å². The van der Waals surface area contributed by atoms with E-state index in [2.05, 4.69) is 15.0 Å². The lowest BCUT2D eigenvalue weighted by Gasteiger charge is -2.10. The van der Waals surface area contributed by atoms with Crippen LogP contribution in [0.4, 0.5) is 13.2 Å². The summed E-state index contributed by atoms with van der Waals surface area (Å²) in [5.74, 6) is -2.27. The van der Waals surface area contributed by atoms with E-state index in [1.54, 1.807) is 24.3 Å². The van der Waals surface area contributed by atoms with Crippen molar-refractivity contribution in [3.63, 3.8) is 0 Å². The van der Waals surface area contributed by atoms with Gasteiger partial charge in [0.15, 0.2) is 5.96 Å². The molecule has 26 heavy (non-hydrogen) atoms. The number of halogens is 3. The van der Waals surface area contributed by atoms with E-state index in [-0.39, 0.29) is 17.2 Å². The van der Waals surface area contributed by atoms with Crippen molar-refractivity contribution in [1.29, 1.82) is 0 Å². The normalized spacial score (nSPS) is 11.3. The molecule has 9 heteroatoms. The fourth-order valence-electron chi connectivity index (χ4n) is 2.46. The number of benzene rings is 2. The minimum Gasteiger partial charge on any atom is -0.370 e. The van der Waals surface area contributed by atoms with E-state index in [4.69, 9.17) is 11.5 Å². The van der Waals surface area contributed by atoms with Crippen LogP contribution < -0.4 is 11.5 Å². The molecule has 132 valence electrons. The van der Waals surface area contributed by atoms with Crippen molar-refractivity contribution in [3.8, 4) is 11.3 Å². The Morgan fingerprint density at radius 2 is 1.85 bits per heavy atom. The van der Waals surface area contributed by atoms with Crippen molar-refractivity contribution >= 4 is 22.6 Å². The molecule has 3 rings (SSSR count).